The van der Waals surface area contributed by atoms with Gasteiger partial charge in [0.15, 0.2) is 0 Å². The van der Waals surface area contributed by atoms with E-state index in [4.69, 9.17) is 0 Å². The summed E-state index contributed by atoms with van der Waals surface area (Å²) in [6.45, 7) is 5.86. The molecule has 0 aliphatic carbocycles. The van der Waals surface area contributed by atoms with E-state index in [1.807, 2.05) is 24.3 Å². The van der Waals surface area contributed by atoms with Crippen molar-refractivity contribution in [3.05, 3.63) is 89.5 Å². The molecule has 0 heterocycles. The molecule has 0 atom stereocenters. The molecular formula is C23H24N2O3S. The highest BCUT2D eigenvalue weighted by Crippen LogP contribution is 2.26. The summed E-state index contributed by atoms with van der Waals surface area (Å²) in [5.41, 5.74) is 3.14. The van der Waals surface area contributed by atoms with Crippen LogP contribution in [0.3, 0.4) is 0 Å². The molecule has 3 aromatic rings. The normalized spacial score (nSPS) is 11.3. The Labute approximate surface area is 171 Å². The van der Waals surface area contributed by atoms with Crippen molar-refractivity contribution in [1.82, 2.24) is 0 Å². The summed E-state index contributed by atoms with van der Waals surface area (Å²) in [6.07, 6.45) is 0. The molecule has 0 aromatic heterocycles. The van der Waals surface area contributed by atoms with Gasteiger partial charge in [-0.25, -0.2) is 8.42 Å². The van der Waals surface area contributed by atoms with Gasteiger partial charge in [-0.2, -0.15) is 0 Å². The molecule has 5 nitrogen and oxygen atoms in total. The van der Waals surface area contributed by atoms with E-state index < -0.39 is 10.0 Å². The molecule has 150 valence electrons. The van der Waals surface area contributed by atoms with Gasteiger partial charge in [-0.1, -0.05) is 56.3 Å². The maximum Gasteiger partial charge on any atom is 0.261 e. The molecule has 1 amide bonds. The van der Waals surface area contributed by atoms with Gasteiger partial charge < -0.3 is 5.32 Å². The summed E-state index contributed by atoms with van der Waals surface area (Å²) >= 11 is 0. The lowest BCUT2D eigenvalue weighted by atomic mass is 10.0. The Kier molecular flexibility index (Phi) is 6.03. The highest BCUT2D eigenvalue weighted by molar-refractivity contribution is 7.92. The first-order valence-corrected chi connectivity index (χ1v) is 10.9. The Hall–Kier alpha value is -3.12. The summed E-state index contributed by atoms with van der Waals surface area (Å²) in [6, 6.07) is 20.8. The summed E-state index contributed by atoms with van der Waals surface area (Å²) in [5.74, 6) is -0.0204. The molecular weight excluding hydrogens is 384 g/mol. The van der Waals surface area contributed by atoms with Crippen LogP contribution in [-0.4, -0.2) is 14.3 Å². The topological polar surface area (TPSA) is 75.3 Å². The van der Waals surface area contributed by atoms with Crippen molar-refractivity contribution in [1.29, 1.82) is 0 Å². The van der Waals surface area contributed by atoms with Gasteiger partial charge in [-0.15, -0.1) is 0 Å². The second-order valence-corrected chi connectivity index (χ2v) is 8.78. The molecule has 3 rings (SSSR count). The summed E-state index contributed by atoms with van der Waals surface area (Å²) in [7, 11) is -3.74. The minimum absolute atomic E-state index is 0.167. The molecule has 3 aromatic carbocycles. The first-order valence-electron chi connectivity index (χ1n) is 9.37. The van der Waals surface area contributed by atoms with E-state index in [9.17, 15) is 13.2 Å². The van der Waals surface area contributed by atoms with Gasteiger partial charge in [0, 0.05) is 11.3 Å². The average Bonchev–Trinajstić information content (AvgIpc) is 2.70. The summed E-state index contributed by atoms with van der Waals surface area (Å²) in [4.78, 5) is 13.1. The molecule has 0 saturated heterocycles. The Bertz CT molecular complexity index is 1120. The number of anilines is 2. The van der Waals surface area contributed by atoms with Gasteiger partial charge in [0.2, 0.25) is 0 Å². The van der Waals surface area contributed by atoms with Gasteiger partial charge in [-0.3, -0.25) is 9.52 Å². The Morgan fingerprint density at radius 2 is 1.45 bits per heavy atom. The number of carbonyl (C=O) groups excluding carboxylic acids is 1. The Balaban J connectivity index is 1.88. The van der Waals surface area contributed by atoms with E-state index in [-0.39, 0.29) is 16.7 Å². The smallest absolute Gasteiger partial charge is 0.261 e. The third-order valence-corrected chi connectivity index (χ3v) is 6.09. The molecule has 0 saturated carbocycles. The second kappa shape index (κ2) is 8.49. The SMILES string of the molecule is Cc1c(NS(=O)(=O)c2ccccc2)cccc1C(=O)Nc1ccccc1C(C)C. The minimum Gasteiger partial charge on any atom is -0.322 e. The monoisotopic (exact) mass is 408 g/mol. The molecule has 0 fully saturated rings. The number of rotatable bonds is 6. The first kappa shape index (κ1) is 20.6. The third-order valence-electron chi connectivity index (χ3n) is 4.71. The molecule has 0 unspecified atom stereocenters. The molecule has 0 aliphatic rings. The van der Waals surface area contributed by atoms with Crippen LogP contribution in [0.15, 0.2) is 77.7 Å². The number of hydrogen-bond donors (Lipinski definition) is 2. The molecule has 2 N–H and O–H groups in total. The predicted molar refractivity (Wildman–Crippen MR) is 117 cm³/mol. The first-order chi connectivity index (χ1) is 13.8. The van der Waals surface area contributed by atoms with E-state index in [1.54, 1.807) is 43.3 Å². The molecule has 29 heavy (non-hydrogen) atoms. The van der Waals surface area contributed by atoms with E-state index in [1.165, 1.54) is 12.1 Å². The van der Waals surface area contributed by atoms with Gasteiger partial charge in [-0.05, 0) is 54.3 Å². The fourth-order valence-corrected chi connectivity index (χ4v) is 4.24. The number of hydrogen-bond acceptors (Lipinski definition) is 3. The van der Waals surface area contributed by atoms with Crippen LogP contribution >= 0.6 is 0 Å². The number of para-hydroxylation sites is 1. The second-order valence-electron chi connectivity index (χ2n) is 7.09. The molecule has 0 spiro atoms. The van der Waals surface area contributed by atoms with E-state index in [0.29, 0.717) is 16.8 Å². The standard InChI is InChI=1S/C23H24N2O3S/c1-16(2)19-12-7-8-14-22(19)24-23(26)20-13-9-15-21(17(20)3)25-29(27,28)18-10-5-4-6-11-18/h4-16,25H,1-3H3,(H,24,26). The Morgan fingerprint density at radius 3 is 2.14 bits per heavy atom. The van der Waals surface area contributed by atoms with Crippen molar-refractivity contribution in [2.75, 3.05) is 10.0 Å². The van der Waals surface area contributed by atoms with E-state index in [0.717, 1.165) is 11.3 Å². The van der Waals surface area contributed by atoms with Crippen molar-refractivity contribution >= 4 is 27.3 Å². The summed E-state index contributed by atoms with van der Waals surface area (Å²) < 4.78 is 27.9. The molecule has 0 radical (unpaired) electrons. The largest absolute Gasteiger partial charge is 0.322 e. The molecule has 6 heteroatoms. The molecule has 0 bridgehead atoms. The minimum atomic E-state index is -3.74. The zero-order valence-electron chi connectivity index (χ0n) is 16.6. The van der Waals surface area contributed by atoms with Crippen molar-refractivity contribution in [3.63, 3.8) is 0 Å². The van der Waals surface area contributed by atoms with Crippen LogP contribution in [0.2, 0.25) is 0 Å². The van der Waals surface area contributed by atoms with Crippen LogP contribution in [0, 0.1) is 6.92 Å². The third kappa shape index (κ3) is 4.66. The van der Waals surface area contributed by atoms with Crippen molar-refractivity contribution < 1.29 is 13.2 Å². The fourth-order valence-electron chi connectivity index (χ4n) is 3.10. The van der Waals surface area contributed by atoms with Gasteiger partial charge >= 0.3 is 0 Å². The maximum atomic E-state index is 12.9. The quantitative estimate of drug-likeness (QED) is 0.591. The van der Waals surface area contributed by atoms with Crippen molar-refractivity contribution in [2.45, 2.75) is 31.6 Å². The zero-order chi connectivity index (χ0) is 21.0. The lowest BCUT2D eigenvalue weighted by molar-refractivity contribution is 0.102. The Morgan fingerprint density at radius 1 is 0.828 bits per heavy atom. The van der Waals surface area contributed by atoms with Crippen LogP contribution in [0.4, 0.5) is 11.4 Å². The van der Waals surface area contributed by atoms with Crippen LogP contribution in [-0.2, 0) is 10.0 Å². The number of benzene rings is 3. The number of amides is 1. The van der Waals surface area contributed by atoms with Gasteiger partial charge in [0.05, 0.1) is 10.6 Å². The highest BCUT2D eigenvalue weighted by atomic mass is 32.2. The number of carbonyl (C=O) groups is 1. The number of nitrogens with one attached hydrogen (secondary N) is 2. The van der Waals surface area contributed by atoms with Crippen molar-refractivity contribution in [2.24, 2.45) is 0 Å². The lowest BCUT2D eigenvalue weighted by Gasteiger charge is -2.16. The van der Waals surface area contributed by atoms with E-state index >= 15 is 0 Å². The van der Waals surface area contributed by atoms with Gasteiger partial charge in [0.1, 0.15) is 0 Å². The van der Waals surface area contributed by atoms with Crippen LogP contribution in [0.25, 0.3) is 0 Å². The zero-order valence-corrected chi connectivity index (χ0v) is 17.5. The van der Waals surface area contributed by atoms with Crippen LogP contribution in [0.1, 0.15) is 41.3 Å². The van der Waals surface area contributed by atoms with Crippen LogP contribution in [0.5, 0.6) is 0 Å². The maximum absolute atomic E-state index is 12.9. The average molecular weight is 409 g/mol. The highest BCUT2D eigenvalue weighted by Gasteiger charge is 2.18. The lowest BCUT2D eigenvalue weighted by Crippen LogP contribution is -2.18. The van der Waals surface area contributed by atoms with Crippen molar-refractivity contribution in [3.8, 4) is 0 Å². The fraction of sp³-hybridized carbons (Fsp3) is 0.174. The van der Waals surface area contributed by atoms with Crippen LogP contribution < -0.4 is 10.0 Å². The molecule has 0 aliphatic heterocycles. The summed E-state index contributed by atoms with van der Waals surface area (Å²) in [5, 5.41) is 2.95. The van der Waals surface area contributed by atoms with Gasteiger partial charge in [0.25, 0.3) is 15.9 Å². The number of sulfonamides is 1. The predicted octanol–water partition coefficient (Wildman–Crippen LogP) is 5.17. The van der Waals surface area contributed by atoms with E-state index in [2.05, 4.69) is 23.9 Å².